The van der Waals surface area contributed by atoms with Crippen LogP contribution in [0.25, 0.3) is 0 Å². The van der Waals surface area contributed by atoms with E-state index in [4.69, 9.17) is 30.1 Å². The standard InChI is InChI=1S/C17H17F2N2O9PS/c18-10-1-2-11-8(3-10)6-27-31(26,30-11)28-7-17(19)13(24)12(23)15(29-17)21-4-9(5-22)14(25)20-16(21)32/h1-4,12-13,15,22-24H,5-7H2,(H,20,25,32)/t12-,13+,15-,17-,31?/m1/s1/i7D2,15D. The van der Waals surface area contributed by atoms with Crippen molar-refractivity contribution in [2.75, 3.05) is 6.56 Å². The number of hydrogen-bond donors (Lipinski definition) is 4. The van der Waals surface area contributed by atoms with Crippen molar-refractivity contribution in [1.29, 1.82) is 0 Å². The summed E-state index contributed by atoms with van der Waals surface area (Å²) in [4.78, 5) is 13.9. The Labute approximate surface area is 187 Å². The van der Waals surface area contributed by atoms with E-state index in [1.54, 1.807) is 0 Å². The third-order valence-corrected chi connectivity index (χ3v) is 6.00. The largest absolute Gasteiger partial charge is 0.530 e. The van der Waals surface area contributed by atoms with Crippen LogP contribution < -0.4 is 10.1 Å². The fraction of sp³-hybridized carbons (Fsp3) is 0.412. The van der Waals surface area contributed by atoms with E-state index in [1.807, 2.05) is 0 Å². The van der Waals surface area contributed by atoms with Gasteiger partial charge < -0.3 is 24.6 Å². The lowest BCUT2D eigenvalue weighted by molar-refractivity contribution is -0.205. The second kappa shape index (κ2) is 8.39. The molecule has 0 spiro atoms. The number of halogens is 2. The highest BCUT2D eigenvalue weighted by Crippen LogP contribution is 2.55. The van der Waals surface area contributed by atoms with Crippen molar-refractivity contribution in [3.05, 3.63) is 56.5 Å². The molecule has 4 N–H and O–H groups in total. The van der Waals surface area contributed by atoms with Crippen LogP contribution in [0.2, 0.25) is 0 Å². The van der Waals surface area contributed by atoms with Gasteiger partial charge in [0.05, 0.1) is 22.9 Å². The van der Waals surface area contributed by atoms with Crippen LogP contribution in [-0.2, 0) is 31.6 Å². The van der Waals surface area contributed by atoms with Crippen molar-refractivity contribution < 1.29 is 51.1 Å². The molecule has 1 unspecified atom stereocenters. The summed E-state index contributed by atoms with van der Waals surface area (Å²) < 4.78 is 85.7. The molecule has 0 amide bonds. The number of ether oxygens (including phenoxy) is 1. The van der Waals surface area contributed by atoms with Crippen molar-refractivity contribution in [1.82, 2.24) is 9.55 Å². The molecule has 2 aliphatic rings. The first-order valence-corrected chi connectivity index (χ1v) is 10.7. The number of nitrogens with zero attached hydrogens (tertiary/aromatic N) is 1. The van der Waals surface area contributed by atoms with Gasteiger partial charge in [-0.15, -0.1) is 0 Å². The number of aromatic nitrogens is 2. The summed E-state index contributed by atoms with van der Waals surface area (Å²) >= 11 is 4.88. The Morgan fingerprint density at radius 2 is 2.25 bits per heavy atom. The second-order valence-electron chi connectivity index (χ2n) is 6.67. The normalized spacial score (nSPS) is 36.0. The van der Waals surface area contributed by atoms with Gasteiger partial charge in [-0.1, -0.05) is 0 Å². The highest BCUT2D eigenvalue weighted by Gasteiger charge is 2.57. The van der Waals surface area contributed by atoms with Gasteiger partial charge in [0.1, 0.15) is 30.3 Å². The lowest BCUT2D eigenvalue weighted by Gasteiger charge is -2.28. The third kappa shape index (κ3) is 4.16. The van der Waals surface area contributed by atoms with Gasteiger partial charge in [-0.25, -0.2) is 13.3 Å². The van der Waals surface area contributed by atoms with Crippen LogP contribution in [0.1, 0.15) is 21.4 Å². The van der Waals surface area contributed by atoms with E-state index in [1.165, 1.54) is 0 Å². The summed E-state index contributed by atoms with van der Waals surface area (Å²) in [6.07, 6.45) is -7.73. The number of nitrogens with one attached hydrogen (secondary N) is 1. The molecule has 3 heterocycles. The number of phosphoric acid groups is 1. The molecule has 32 heavy (non-hydrogen) atoms. The third-order valence-electron chi connectivity index (χ3n) is 4.52. The lowest BCUT2D eigenvalue weighted by Crippen LogP contribution is -2.43. The lowest BCUT2D eigenvalue weighted by atomic mass is 10.1. The fourth-order valence-corrected chi connectivity index (χ4v) is 4.21. The van der Waals surface area contributed by atoms with E-state index in [2.05, 4.69) is 9.51 Å². The monoisotopic (exact) mass is 497 g/mol. The minimum absolute atomic E-state index is 0.0977. The van der Waals surface area contributed by atoms with Crippen LogP contribution in [0.15, 0.2) is 29.2 Å². The van der Waals surface area contributed by atoms with Crippen LogP contribution in [0.4, 0.5) is 8.78 Å². The Balaban J connectivity index is 1.68. The first-order valence-electron chi connectivity index (χ1n) is 10.3. The highest BCUT2D eigenvalue weighted by molar-refractivity contribution is 7.71. The molecule has 15 heteroatoms. The zero-order chi connectivity index (χ0) is 26.0. The summed E-state index contributed by atoms with van der Waals surface area (Å²) in [5.74, 6) is -4.95. The van der Waals surface area contributed by atoms with Crippen LogP contribution in [0, 0.1) is 10.6 Å². The minimum Gasteiger partial charge on any atom is -0.404 e. The van der Waals surface area contributed by atoms with Gasteiger partial charge in [0, 0.05) is 11.8 Å². The Morgan fingerprint density at radius 3 is 2.97 bits per heavy atom. The molecule has 1 fully saturated rings. The number of hydrogen-bond acceptors (Lipinski definition) is 10. The Hall–Kier alpha value is -2.03. The first-order chi connectivity index (χ1) is 16.2. The summed E-state index contributed by atoms with van der Waals surface area (Å²) in [5.41, 5.74) is -1.14. The fourth-order valence-electron chi connectivity index (χ4n) is 2.88. The molecule has 1 saturated heterocycles. The summed E-state index contributed by atoms with van der Waals surface area (Å²) in [5, 5.41) is 30.1. The zero-order valence-corrected chi connectivity index (χ0v) is 17.4. The highest BCUT2D eigenvalue weighted by atomic mass is 32.1. The van der Waals surface area contributed by atoms with E-state index < -0.39 is 68.0 Å². The van der Waals surface area contributed by atoms with Gasteiger partial charge in [0.15, 0.2) is 11.0 Å². The second-order valence-corrected chi connectivity index (χ2v) is 8.58. The van der Waals surface area contributed by atoms with Gasteiger partial charge in [-0.05, 0) is 30.4 Å². The molecule has 4 rings (SSSR count). The molecular weight excluding hydrogens is 477 g/mol. The number of aliphatic hydroxyl groups excluding tert-OH is 3. The molecule has 1 aromatic heterocycles. The Kier molecular flexibility index (Phi) is 5.10. The number of benzene rings is 1. The predicted octanol–water partition coefficient (Wildman–Crippen LogP) is 1.19. The molecule has 2 aliphatic heterocycles. The minimum atomic E-state index is -4.95. The molecular formula is C17H17F2N2O9PS. The van der Waals surface area contributed by atoms with Crippen molar-refractivity contribution >= 4 is 20.0 Å². The van der Waals surface area contributed by atoms with E-state index >= 15 is 4.39 Å². The number of alkyl halides is 1. The van der Waals surface area contributed by atoms with E-state index in [0.717, 1.165) is 24.4 Å². The number of phosphoric ester groups is 1. The van der Waals surface area contributed by atoms with Gasteiger partial charge in [0.2, 0.25) is 0 Å². The average molecular weight is 497 g/mol. The van der Waals surface area contributed by atoms with Gasteiger partial charge >= 0.3 is 7.82 Å². The molecule has 1 aromatic carbocycles. The van der Waals surface area contributed by atoms with Crippen molar-refractivity contribution in [3.8, 4) is 5.75 Å². The molecule has 2 aromatic rings. The number of rotatable bonds is 5. The van der Waals surface area contributed by atoms with Gasteiger partial charge in [-0.2, -0.15) is 0 Å². The predicted molar refractivity (Wildman–Crippen MR) is 103 cm³/mol. The maximum atomic E-state index is 15.9. The van der Waals surface area contributed by atoms with E-state index in [0.29, 0.717) is 4.57 Å². The Bertz CT molecular complexity index is 1350. The van der Waals surface area contributed by atoms with Crippen LogP contribution >= 0.6 is 20.0 Å². The number of fused-ring (bicyclic) bond motifs is 1. The maximum absolute atomic E-state index is 15.9. The average Bonchev–Trinajstić information content (AvgIpc) is 2.95. The summed E-state index contributed by atoms with van der Waals surface area (Å²) in [6.45, 7) is -5.31. The van der Waals surface area contributed by atoms with Crippen molar-refractivity contribution in [2.24, 2.45) is 0 Å². The molecule has 0 bridgehead atoms. The number of aliphatic hydroxyl groups is 3. The molecule has 0 aliphatic carbocycles. The maximum Gasteiger partial charge on any atom is 0.530 e. The summed E-state index contributed by atoms with van der Waals surface area (Å²) in [6, 6.07) is 3.00. The van der Waals surface area contributed by atoms with E-state index in [-0.39, 0.29) is 16.9 Å². The van der Waals surface area contributed by atoms with Gasteiger partial charge in [0.25, 0.3) is 11.4 Å². The molecule has 174 valence electrons. The smallest absolute Gasteiger partial charge is 0.404 e. The van der Waals surface area contributed by atoms with E-state index in [9.17, 15) is 29.1 Å². The molecule has 11 nitrogen and oxygen atoms in total. The summed E-state index contributed by atoms with van der Waals surface area (Å²) in [7, 11) is -4.95. The SMILES string of the molecule is [2H]C([2H])(OP1(=O)OCc2cc(F)ccc2O1)[C@@]1(F)O[C@@]([2H])(n2cc(CO)c(=O)[nH]c2=S)[C@H](O)[C@@H]1O. The number of H-pyrrole nitrogens is 1. The number of aromatic amines is 1. The quantitative estimate of drug-likeness (QED) is 0.350. The van der Waals surface area contributed by atoms with Crippen molar-refractivity contribution in [2.45, 2.75) is 37.5 Å². The molecule has 0 saturated carbocycles. The Morgan fingerprint density at radius 1 is 1.50 bits per heavy atom. The van der Waals surface area contributed by atoms with Crippen molar-refractivity contribution in [3.63, 3.8) is 0 Å². The van der Waals surface area contributed by atoms with Crippen LogP contribution in [-0.4, -0.2) is 49.5 Å². The van der Waals surface area contributed by atoms with Crippen LogP contribution in [0.5, 0.6) is 5.75 Å². The van der Waals surface area contributed by atoms with Crippen LogP contribution in [0.3, 0.4) is 0 Å². The zero-order valence-electron chi connectivity index (χ0n) is 18.7. The van der Waals surface area contributed by atoms with Gasteiger partial charge in [-0.3, -0.25) is 23.4 Å². The first kappa shape index (κ1) is 19.4. The topological polar surface area (TPSA) is 152 Å². The molecule has 5 atom stereocenters. The molecule has 0 radical (unpaired) electrons.